The summed E-state index contributed by atoms with van der Waals surface area (Å²) in [5.41, 5.74) is -0.0431. The van der Waals surface area contributed by atoms with E-state index < -0.39 is 11.7 Å². The van der Waals surface area contributed by atoms with E-state index in [1.165, 1.54) is 7.11 Å². The van der Waals surface area contributed by atoms with Gasteiger partial charge in [0.2, 0.25) is 17.6 Å². The minimum Gasteiger partial charge on any atom is -0.383 e. The summed E-state index contributed by atoms with van der Waals surface area (Å²) in [6.07, 6.45) is 5.07. The fourth-order valence-corrected chi connectivity index (χ4v) is 3.83. The number of hydrogen-bond donors (Lipinski definition) is 2. The first kappa shape index (κ1) is 24.2. The van der Waals surface area contributed by atoms with E-state index in [1.54, 1.807) is 11.9 Å². The van der Waals surface area contributed by atoms with Gasteiger partial charge in [-0.15, -0.1) is 0 Å². The first-order valence-electron chi connectivity index (χ1n) is 9.96. The highest BCUT2D eigenvalue weighted by Crippen LogP contribution is 2.30. The third-order valence-electron chi connectivity index (χ3n) is 5.29. The number of aromatic nitrogens is 2. The number of amides is 2. The van der Waals surface area contributed by atoms with Crippen LogP contribution < -0.4 is 10.2 Å². The van der Waals surface area contributed by atoms with Gasteiger partial charge in [0.05, 0.1) is 25.6 Å². The lowest BCUT2D eigenvalue weighted by Gasteiger charge is -2.23. The number of likely N-dealkylation sites (N-methyl/N-ethyl adjacent to an activating group) is 1. The number of carbonyl (C=O) groups is 2. The van der Waals surface area contributed by atoms with E-state index in [-0.39, 0.29) is 42.2 Å². The topological polar surface area (TPSA) is 108 Å². The molecule has 168 valence electrons. The second-order valence-electron chi connectivity index (χ2n) is 7.52. The van der Waals surface area contributed by atoms with Crippen molar-refractivity contribution in [2.45, 2.75) is 38.6 Å². The van der Waals surface area contributed by atoms with Crippen LogP contribution in [0.3, 0.4) is 0 Å². The van der Waals surface area contributed by atoms with Crippen LogP contribution in [-0.2, 0) is 20.9 Å². The lowest BCUT2D eigenvalue weighted by molar-refractivity contribution is -0.155. The Kier molecular flexibility index (Phi) is 9.67. The van der Waals surface area contributed by atoms with Gasteiger partial charge in [-0.05, 0) is 23.9 Å². The normalized spacial score (nSPS) is 15.1. The van der Waals surface area contributed by atoms with Gasteiger partial charge >= 0.3 is 0 Å². The zero-order chi connectivity index (χ0) is 22.1. The van der Waals surface area contributed by atoms with Crippen molar-refractivity contribution in [2.24, 2.45) is 11.8 Å². The van der Waals surface area contributed by atoms with E-state index in [1.807, 2.05) is 0 Å². The van der Waals surface area contributed by atoms with Gasteiger partial charge in [0.15, 0.2) is 11.6 Å². The Morgan fingerprint density at radius 2 is 2.13 bits per heavy atom. The molecule has 1 aromatic rings. The SMILES string of the molecule is COCCN(C)c1nc(Cl)nc(CNC(=O)[C@H](CC2CCCC2)CN(O)C=O)c1F. The van der Waals surface area contributed by atoms with Crippen LogP contribution in [-0.4, -0.2) is 66.4 Å². The highest BCUT2D eigenvalue weighted by Gasteiger charge is 2.27. The number of hydroxylamine groups is 2. The van der Waals surface area contributed by atoms with Gasteiger partial charge in [0.1, 0.15) is 5.69 Å². The van der Waals surface area contributed by atoms with E-state index >= 15 is 0 Å². The van der Waals surface area contributed by atoms with Crippen molar-refractivity contribution in [3.05, 3.63) is 16.8 Å². The molecular formula is C19H29ClFN5O4. The van der Waals surface area contributed by atoms with Crippen molar-refractivity contribution in [3.8, 4) is 0 Å². The van der Waals surface area contributed by atoms with Crippen molar-refractivity contribution in [3.63, 3.8) is 0 Å². The smallest absolute Gasteiger partial charge is 0.233 e. The summed E-state index contributed by atoms with van der Waals surface area (Å²) in [4.78, 5) is 32.9. The molecule has 1 aliphatic carbocycles. The van der Waals surface area contributed by atoms with Crippen molar-refractivity contribution in [2.75, 3.05) is 38.8 Å². The number of anilines is 1. The van der Waals surface area contributed by atoms with Gasteiger partial charge in [-0.3, -0.25) is 14.8 Å². The van der Waals surface area contributed by atoms with Crippen LogP contribution >= 0.6 is 11.6 Å². The first-order valence-corrected chi connectivity index (χ1v) is 10.3. The molecule has 1 saturated carbocycles. The molecule has 0 aromatic carbocycles. The minimum absolute atomic E-state index is 0.0151. The molecule has 0 spiro atoms. The van der Waals surface area contributed by atoms with Gasteiger partial charge < -0.3 is 15.0 Å². The molecule has 2 rings (SSSR count). The molecule has 1 atom stereocenters. The Bertz CT molecular complexity index is 720. The molecule has 1 aliphatic rings. The zero-order valence-corrected chi connectivity index (χ0v) is 18.1. The monoisotopic (exact) mass is 445 g/mol. The molecule has 1 heterocycles. The Morgan fingerprint density at radius 1 is 1.43 bits per heavy atom. The molecule has 0 aliphatic heterocycles. The standard InChI is InChI=1S/C19H29ClFN5O4/c1-25(7-8-30-2)17-16(21)15(23-19(20)24-17)10-22-18(28)14(11-26(29)12-27)9-13-5-3-4-6-13/h12-14,29H,3-11H2,1-2H3,(H,22,28)/t14-/m1/s1. The maximum Gasteiger partial charge on any atom is 0.233 e. The predicted molar refractivity (Wildman–Crippen MR) is 109 cm³/mol. The molecule has 0 bridgehead atoms. The molecule has 0 saturated heterocycles. The Balaban J connectivity index is 2.07. The largest absolute Gasteiger partial charge is 0.383 e. The average Bonchev–Trinajstić information content (AvgIpc) is 3.24. The molecule has 30 heavy (non-hydrogen) atoms. The van der Waals surface area contributed by atoms with E-state index in [2.05, 4.69) is 15.3 Å². The van der Waals surface area contributed by atoms with Crippen LogP contribution in [0.25, 0.3) is 0 Å². The second kappa shape index (κ2) is 12.0. The lowest BCUT2D eigenvalue weighted by Crippen LogP contribution is -2.38. The van der Waals surface area contributed by atoms with Crippen LogP contribution in [0.5, 0.6) is 0 Å². The molecule has 2 amide bonds. The fraction of sp³-hybridized carbons (Fsp3) is 0.684. The van der Waals surface area contributed by atoms with E-state index in [9.17, 15) is 19.2 Å². The van der Waals surface area contributed by atoms with Crippen molar-refractivity contribution >= 4 is 29.7 Å². The summed E-state index contributed by atoms with van der Waals surface area (Å²) < 4.78 is 19.9. The highest BCUT2D eigenvalue weighted by atomic mass is 35.5. The Labute approximate surface area is 180 Å². The quantitative estimate of drug-likeness (QED) is 0.219. The number of ether oxygens (including phenoxy) is 1. The minimum atomic E-state index is -0.678. The molecular weight excluding hydrogens is 417 g/mol. The maximum absolute atomic E-state index is 14.9. The number of halogens is 2. The van der Waals surface area contributed by atoms with Gasteiger partial charge in [-0.2, -0.15) is 4.98 Å². The van der Waals surface area contributed by atoms with E-state index in [0.29, 0.717) is 30.6 Å². The van der Waals surface area contributed by atoms with Crippen molar-refractivity contribution in [1.29, 1.82) is 0 Å². The Hall–Kier alpha value is -2.04. The van der Waals surface area contributed by atoms with Gasteiger partial charge in [-0.25, -0.2) is 14.4 Å². The van der Waals surface area contributed by atoms with Crippen LogP contribution in [0.2, 0.25) is 5.28 Å². The molecule has 11 heteroatoms. The van der Waals surface area contributed by atoms with Crippen LogP contribution in [0.1, 0.15) is 37.8 Å². The summed E-state index contributed by atoms with van der Waals surface area (Å²) in [6.45, 7) is 0.463. The molecule has 2 N–H and O–H groups in total. The van der Waals surface area contributed by atoms with E-state index in [4.69, 9.17) is 16.3 Å². The van der Waals surface area contributed by atoms with Gasteiger partial charge in [0, 0.05) is 20.7 Å². The molecule has 0 unspecified atom stereocenters. The van der Waals surface area contributed by atoms with Crippen molar-refractivity contribution in [1.82, 2.24) is 20.3 Å². The summed E-state index contributed by atoms with van der Waals surface area (Å²) >= 11 is 5.94. The zero-order valence-electron chi connectivity index (χ0n) is 17.3. The fourth-order valence-electron chi connectivity index (χ4n) is 3.65. The molecule has 9 nitrogen and oxygen atoms in total. The molecule has 1 aromatic heterocycles. The predicted octanol–water partition coefficient (Wildman–Crippen LogP) is 2.01. The number of rotatable bonds is 12. The number of nitrogens with one attached hydrogen (secondary N) is 1. The summed E-state index contributed by atoms with van der Waals surface area (Å²) in [5, 5.41) is 12.5. The van der Waals surface area contributed by atoms with Gasteiger partial charge in [-0.1, -0.05) is 25.7 Å². The number of methoxy groups -OCH3 is 1. The van der Waals surface area contributed by atoms with Crippen LogP contribution in [0.15, 0.2) is 0 Å². The maximum atomic E-state index is 14.9. The third kappa shape index (κ3) is 7.03. The number of carbonyl (C=O) groups excluding carboxylic acids is 2. The van der Waals surface area contributed by atoms with Crippen LogP contribution in [0, 0.1) is 17.7 Å². The third-order valence-corrected chi connectivity index (χ3v) is 5.46. The van der Waals surface area contributed by atoms with Gasteiger partial charge in [0.25, 0.3) is 0 Å². The van der Waals surface area contributed by atoms with Crippen LogP contribution in [0.4, 0.5) is 10.2 Å². The lowest BCUT2D eigenvalue weighted by atomic mass is 9.92. The highest BCUT2D eigenvalue weighted by molar-refractivity contribution is 6.28. The number of hydrogen-bond acceptors (Lipinski definition) is 7. The Morgan fingerprint density at radius 3 is 2.77 bits per heavy atom. The van der Waals surface area contributed by atoms with E-state index in [0.717, 1.165) is 25.7 Å². The molecule has 1 fully saturated rings. The first-order chi connectivity index (χ1) is 14.3. The summed E-state index contributed by atoms with van der Waals surface area (Å²) in [5.74, 6) is -1.28. The summed E-state index contributed by atoms with van der Waals surface area (Å²) in [6, 6.07) is 0. The number of nitrogens with zero attached hydrogens (tertiary/aromatic N) is 4. The molecule has 0 radical (unpaired) electrons. The summed E-state index contributed by atoms with van der Waals surface area (Å²) in [7, 11) is 3.19. The average molecular weight is 446 g/mol. The van der Waals surface area contributed by atoms with Crippen molar-refractivity contribution < 1.29 is 23.9 Å². The second-order valence-corrected chi connectivity index (χ2v) is 7.86.